The molecule has 1 amide bonds. The van der Waals surface area contributed by atoms with Crippen LogP contribution in [0.5, 0.6) is 0 Å². The zero-order chi connectivity index (χ0) is 21.1. The average Bonchev–Trinajstić information content (AvgIpc) is 2.80. The molecule has 150 valence electrons. The summed E-state index contributed by atoms with van der Waals surface area (Å²) >= 11 is 0. The van der Waals surface area contributed by atoms with Crippen LogP contribution in [0.3, 0.4) is 0 Å². The maximum Gasteiger partial charge on any atom is 0.254 e. The molecule has 3 heterocycles. The quantitative estimate of drug-likeness (QED) is 0.500. The van der Waals surface area contributed by atoms with Gasteiger partial charge < -0.3 is 4.90 Å². The van der Waals surface area contributed by atoms with Gasteiger partial charge in [0.25, 0.3) is 5.91 Å². The average molecular weight is 397 g/mol. The zero-order valence-electron chi connectivity index (χ0n) is 17.3. The van der Waals surface area contributed by atoms with Crippen molar-refractivity contribution in [3.63, 3.8) is 0 Å². The van der Waals surface area contributed by atoms with Gasteiger partial charge >= 0.3 is 0 Å². The fraction of sp³-hybridized carbons (Fsp3) is 0.208. The molecule has 3 aromatic heterocycles. The number of rotatable bonds is 5. The van der Waals surface area contributed by atoms with E-state index in [0.717, 1.165) is 33.2 Å². The van der Waals surface area contributed by atoms with Gasteiger partial charge in [0, 0.05) is 48.8 Å². The van der Waals surface area contributed by atoms with E-state index < -0.39 is 0 Å². The Hall–Kier alpha value is -3.67. The van der Waals surface area contributed by atoms with Gasteiger partial charge in [-0.15, -0.1) is 0 Å². The second kappa shape index (κ2) is 8.37. The summed E-state index contributed by atoms with van der Waals surface area (Å²) in [7, 11) is 0. The number of amides is 1. The summed E-state index contributed by atoms with van der Waals surface area (Å²) in [6.07, 6.45) is 8.44. The fourth-order valence-electron chi connectivity index (χ4n) is 3.50. The molecule has 0 saturated heterocycles. The lowest BCUT2D eigenvalue weighted by Gasteiger charge is -2.22. The predicted octanol–water partition coefficient (Wildman–Crippen LogP) is 4.37. The molecule has 1 aromatic carbocycles. The fourth-order valence-corrected chi connectivity index (χ4v) is 3.50. The van der Waals surface area contributed by atoms with Crippen LogP contribution in [0.25, 0.3) is 22.2 Å². The summed E-state index contributed by atoms with van der Waals surface area (Å²) in [6.45, 7) is 7.17. The van der Waals surface area contributed by atoms with Crippen molar-refractivity contribution in [3.8, 4) is 11.3 Å². The lowest BCUT2D eigenvalue weighted by atomic mass is 9.99. The number of hydrogen-bond donors (Lipinski definition) is 0. The lowest BCUT2D eigenvalue weighted by Crippen LogP contribution is -2.30. The van der Waals surface area contributed by atoms with Crippen molar-refractivity contribution < 1.29 is 4.79 Å². The number of carbonyl (C=O) groups is 1. The SMILES string of the molecule is CCN(Cc1cccnc1)C(=O)c1cc(-c2cncnc2)nc2c(C)c(C)ccc12. The number of nitrogens with zero attached hydrogens (tertiary/aromatic N) is 5. The molecule has 0 saturated carbocycles. The van der Waals surface area contributed by atoms with Crippen LogP contribution in [-0.4, -0.2) is 37.3 Å². The molecular formula is C24H23N5O. The Kier molecular flexibility index (Phi) is 5.48. The summed E-state index contributed by atoms with van der Waals surface area (Å²) in [4.78, 5) is 32.7. The van der Waals surface area contributed by atoms with Gasteiger partial charge in [0.2, 0.25) is 0 Å². The van der Waals surface area contributed by atoms with Crippen molar-refractivity contribution in [3.05, 3.63) is 83.7 Å². The zero-order valence-corrected chi connectivity index (χ0v) is 17.3. The standard InChI is InChI=1S/C24H23N5O/c1-4-29(14-18-6-5-9-25-11-18)24(30)21-10-22(19-12-26-15-27-13-19)28-23-17(3)16(2)7-8-20(21)23/h5-13,15H,4,14H2,1-3H3. The van der Waals surface area contributed by atoms with Crippen molar-refractivity contribution >= 4 is 16.8 Å². The summed E-state index contributed by atoms with van der Waals surface area (Å²) in [6, 6.07) is 9.74. The third-order valence-electron chi connectivity index (χ3n) is 5.36. The molecule has 6 nitrogen and oxygen atoms in total. The molecule has 0 radical (unpaired) electrons. The summed E-state index contributed by atoms with van der Waals surface area (Å²) < 4.78 is 0. The molecule has 4 aromatic rings. The van der Waals surface area contributed by atoms with E-state index >= 15 is 0 Å². The van der Waals surface area contributed by atoms with Crippen molar-refractivity contribution in [1.82, 2.24) is 24.8 Å². The smallest absolute Gasteiger partial charge is 0.254 e. The minimum atomic E-state index is -0.0323. The number of hydrogen-bond acceptors (Lipinski definition) is 5. The molecule has 30 heavy (non-hydrogen) atoms. The van der Waals surface area contributed by atoms with Crippen molar-refractivity contribution in [2.45, 2.75) is 27.3 Å². The van der Waals surface area contributed by atoms with E-state index in [1.165, 1.54) is 6.33 Å². The number of benzene rings is 1. The topological polar surface area (TPSA) is 71.9 Å². The van der Waals surface area contributed by atoms with E-state index in [1.54, 1.807) is 24.8 Å². The third kappa shape index (κ3) is 3.76. The molecule has 0 spiro atoms. The summed E-state index contributed by atoms with van der Waals surface area (Å²) in [5, 5.41) is 0.855. The number of pyridine rings is 2. The van der Waals surface area contributed by atoms with Crippen LogP contribution >= 0.6 is 0 Å². The highest BCUT2D eigenvalue weighted by Crippen LogP contribution is 2.29. The lowest BCUT2D eigenvalue weighted by molar-refractivity contribution is 0.0754. The van der Waals surface area contributed by atoms with Gasteiger partial charge in [0.05, 0.1) is 16.8 Å². The Morgan fingerprint density at radius 3 is 2.53 bits per heavy atom. The van der Waals surface area contributed by atoms with Gasteiger partial charge in [0.15, 0.2) is 0 Å². The third-order valence-corrected chi connectivity index (χ3v) is 5.36. The minimum absolute atomic E-state index is 0.0323. The summed E-state index contributed by atoms with van der Waals surface area (Å²) in [5.41, 5.74) is 6.13. The molecule has 0 fully saturated rings. The molecular weight excluding hydrogens is 374 g/mol. The number of fused-ring (bicyclic) bond motifs is 1. The molecule has 0 aliphatic rings. The molecule has 0 unspecified atom stereocenters. The van der Waals surface area contributed by atoms with E-state index in [1.807, 2.05) is 49.1 Å². The van der Waals surface area contributed by atoms with Crippen LogP contribution in [-0.2, 0) is 6.54 Å². The van der Waals surface area contributed by atoms with Crippen molar-refractivity contribution in [2.75, 3.05) is 6.54 Å². The number of aryl methyl sites for hydroxylation is 2. The van der Waals surface area contributed by atoms with Crippen molar-refractivity contribution in [2.24, 2.45) is 0 Å². The Morgan fingerprint density at radius 1 is 1.03 bits per heavy atom. The van der Waals surface area contributed by atoms with Gasteiger partial charge in [-0.1, -0.05) is 18.2 Å². The second-order valence-corrected chi connectivity index (χ2v) is 7.27. The Morgan fingerprint density at radius 2 is 1.83 bits per heavy atom. The van der Waals surface area contributed by atoms with Crippen molar-refractivity contribution in [1.29, 1.82) is 0 Å². The van der Waals surface area contributed by atoms with Crippen LogP contribution in [0.1, 0.15) is 34.0 Å². The highest BCUT2D eigenvalue weighted by Gasteiger charge is 2.20. The van der Waals surface area contributed by atoms with Crippen LogP contribution in [0.2, 0.25) is 0 Å². The van der Waals surface area contributed by atoms with Crippen LogP contribution in [0, 0.1) is 13.8 Å². The van der Waals surface area contributed by atoms with Gasteiger partial charge in [-0.2, -0.15) is 0 Å². The van der Waals surface area contributed by atoms with Gasteiger partial charge in [-0.25, -0.2) is 15.0 Å². The maximum atomic E-state index is 13.6. The second-order valence-electron chi connectivity index (χ2n) is 7.27. The minimum Gasteiger partial charge on any atom is -0.335 e. The van der Waals surface area contributed by atoms with E-state index in [0.29, 0.717) is 24.3 Å². The van der Waals surface area contributed by atoms with Gasteiger partial charge in [-0.3, -0.25) is 9.78 Å². The first-order valence-electron chi connectivity index (χ1n) is 9.93. The molecule has 0 atom stereocenters. The van der Waals surface area contributed by atoms with E-state index in [2.05, 4.69) is 21.9 Å². The number of carbonyl (C=O) groups excluding carboxylic acids is 1. The monoisotopic (exact) mass is 397 g/mol. The highest BCUT2D eigenvalue weighted by molar-refractivity contribution is 6.08. The molecule has 0 aliphatic heterocycles. The predicted molar refractivity (Wildman–Crippen MR) is 117 cm³/mol. The first kappa shape index (κ1) is 19.6. The van der Waals surface area contributed by atoms with Gasteiger partial charge in [-0.05, 0) is 49.6 Å². The Balaban J connectivity index is 1.85. The first-order chi connectivity index (χ1) is 14.6. The first-order valence-corrected chi connectivity index (χ1v) is 9.93. The van der Waals surface area contributed by atoms with Crippen LogP contribution < -0.4 is 0 Å². The van der Waals surface area contributed by atoms with Crippen LogP contribution in [0.15, 0.2) is 61.4 Å². The summed E-state index contributed by atoms with van der Waals surface area (Å²) in [5.74, 6) is -0.0323. The van der Waals surface area contributed by atoms with E-state index in [-0.39, 0.29) is 5.91 Å². The molecule has 0 aliphatic carbocycles. The van der Waals surface area contributed by atoms with E-state index in [9.17, 15) is 4.79 Å². The maximum absolute atomic E-state index is 13.6. The Bertz CT molecular complexity index is 1190. The molecule has 6 heteroatoms. The molecule has 4 rings (SSSR count). The molecule has 0 N–H and O–H groups in total. The van der Waals surface area contributed by atoms with Crippen LogP contribution in [0.4, 0.5) is 0 Å². The number of aromatic nitrogens is 4. The largest absolute Gasteiger partial charge is 0.335 e. The highest BCUT2D eigenvalue weighted by atomic mass is 16.2. The Labute approximate surface area is 175 Å². The molecule has 0 bridgehead atoms. The normalized spacial score (nSPS) is 10.9. The van der Waals surface area contributed by atoms with E-state index in [4.69, 9.17) is 4.98 Å². The van der Waals surface area contributed by atoms with Gasteiger partial charge in [0.1, 0.15) is 6.33 Å².